The predicted octanol–water partition coefficient (Wildman–Crippen LogP) is 2.02. The Balaban J connectivity index is 2.14. The molecule has 0 radical (unpaired) electrons. The fourth-order valence-corrected chi connectivity index (χ4v) is 1.76. The van der Waals surface area contributed by atoms with Gasteiger partial charge in [0, 0.05) is 19.3 Å². The number of hydrogen-bond acceptors (Lipinski definition) is 4. The lowest BCUT2D eigenvalue weighted by Crippen LogP contribution is -2.07. The molecule has 0 aliphatic rings. The first kappa shape index (κ1) is 12.1. The minimum atomic E-state index is 0.405. The summed E-state index contributed by atoms with van der Waals surface area (Å²) in [6.07, 6.45) is 1.61. The van der Waals surface area contributed by atoms with E-state index in [4.69, 9.17) is 11.0 Å². The molecule has 1 heterocycles. The van der Waals surface area contributed by atoms with Crippen molar-refractivity contribution in [1.82, 2.24) is 4.98 Å². The maximum absolute atomic E-state index is 8.94. The first-order valence-electron chi connectivity index (χ1n) is 5.71. The molecule has 1 aromatic carbocycles. The maximum Gasteiger partial charge on any atom is 0.163 e. The lowest BCUT2D eigenvalue weighted by Gasteiger charge is -2.10. The number of anilines is 1. The molecule has 0 bridgehead atoms. The Morgan fingerprint density at radius 2 is 1.94 bits per heavy atom. The van der Waals surface area contributed by atoms with Gasteiger partial charge in [-0.3, -0.25) is 0 Å². The molecule has 0 fully saturated rings. The largest absolute Gasteiger partial charge is 0.379 e. The van der Waals surface area contributed by atoms with Crippen molar-refractivity contribution in [3.05, 3.63) is 59.4 Å². The van der Waals surface area contributed by atoms with Crippen molar-refractivity contribution < 1.29 is 0 Å². The Morgan fingerprint density at radius 1 is 1.17 bits per heavy atom. The van der Waals surface area contributed by atoms with E-state index < -0.39 is 0 Å². The van der Waals surface area contributed by atoms with Gasteiger partial charge in [-0.1, -0.05) is 24.3 Å². The Hall–Kier alpha value is -2.38. The first-order valence-corrected chi connectivity index (χ1v) is 5.71. The van der Waals surface area contributed by atoms with Gasteiger partial charge in [-0.25, -0.2) is 4.98 Å². The third kappa shape index (κ3) is 2.65. The molecule has 0 atom stereocenters. The number of pyridine rings is 1. The van der Waals surface area contributed by atoms with Crippen LogP contribution in [0.3, 0.4) is 0 Å². The van der Waals surface area contributed by atoms with Gasteiger partial charge in [-0.05, 0) is 23.3 Å². The zero-order valence-electron chi connectivity index (χ0n) is 9.93. The van der Waals surface area contributed by atoms with Crippen LogP contribution < -0.4 is 11.1 Å². The van der Waals surface area contributed by atoms with E-state index in [2.05, 4.69) is 16.4 Å². The minimum absolute atomic E-state index is 0.405. The average molecular weight is 238 g/mol. The van der Waals surface area contributed by atoms with Crippen LogP contribution >= 0.6 is 0 Å². The van der Waals surface area contributed by atoms with Crippen LogP contribution in [0.2, 0.25) is 0 Å². The summed E-state index contributed by atoms with van der Waals surface area (Å²) in [7, 11) is 0. The lowest BCUT2D eigenvalue weighted by molar-refractivity contribution is 1.01. The van der Waals surface area contributed by atoms with Crippen molar-refractivity contribution in [2.24, 2.45) is 5.73 Å². The molecule has 0 spiro atoms. The Bertz CT molecular complexity index is 572. The molecule has 0 unspecified atom stereocenters. The molecule has 4 heteroatoms. The summed E-state index contributed by atoms with van der Waals surface area (Å²) in [6, 6.07) is 13.7. The second-order valence-electron chi connectivity index (χ2n) is 3.84. The zero-order valence-corrected chi connectivity index (χ0v) is 9.93. The van der Waals surface area contributed by atoms with Crippen molar-refractivity contribution >= 4 is 5.69 Å². The molecule has 18 heavy (non-hydrogen) atoms. The SMILES string of the molecule is N#Cc1ncccc1NCc1ccccc1CN. The highest BCUT2D eigenvalue weighted by Crippen LogP contribution is 2.14. The van der Waals surface area contributed by atoms with E-state index in [0.29, 0.717) is 18.8 Å². The van der Waals surface area contributed by atoms with Gasteiger partial charge in [-0.15, -0.1) is 0 Å². The fraction of sp³-hybridized carbons (Fsp3) is 0.143. The molecule has 90 valence electrons. The van der Waals surface area contributed by atoms with Crippen LogP contribution in [0.5, 0.6) is 0 Å². The number of aromatic nitrogens is 1. The van der Waals surface area contributed by atoms with E-state index in [1.54, 1.807) is 12.3 Å². The molecule has 0 saturated heterocycles. The Kier molecular flexibility index (Phi) is 3.90. The van der Waals surface area contributed by atoms with Crippen molar-refractivity contribution in [3.63, 3.8) is 0 Å². The lowest BCUT2D eigenvalue weighted by atomic mass is 10.1. The van der Waals surface area contributed by atoms with Gasteiger partial charge in [0.05, 0.1) is 5.69 Å². The third-order valence-corrected chi connectivity index (χ3v) is 2.72. The van der Waals surface area contributed by atoms with Crippen LogP contribution in [0.4, 0.5) is 5.69 Å². The number of nitrogens with zero attached hydrogens (tertiary/aromatic N) is 2. The molecule has 1 aromatic heterocycles. The number of nitriles is 1. The summed E-state index contributed by atoms with van der Waals surface area (Å²) in [5, 5.41) is 12.2. The summed E-state index contributed by atoms with van der Waals surface area (Å²) >= 11 is 0. The molecule has 0 aliphatic carbocycles. The third-order valence-electron chi connectivity index (χ3n) is 2.72. The topological polar surface area (TPSA) is 74.7 Å². The highest BCUT2D eigenvalue weighted by molar-refractivity contribution is 5.53. The summed E-state index contributed by atoms with van der Waals surface area (Å²) < 4.78 is 0. The molecular formula is C14H14N4. The summed E-state index contributed by atoms with van der Waals surface area (Å²) in [4.78, 5) is 4.00. The van der Waals surface area contributed by atoms with Gasteiger partial charge in [0.2, 0.25) is 0 Å². The van der Waals surface area contributed by atoms with Gasteiger partial charge in [-0.2, -0.15) is 5.26 Å². The highest BCUT2D eigenvalue weighted by atomic mass is 14.9. The van der Waals surface area contributed by atoms with Crippen LogP contribution in [-0.4, -0.2) is 4.98 Å². The highest BCUT2D eigenvalue weighted by Gasteiger charge is 2.03. The minimum Gasteiger partial charge on any atom is -0.379 e. The van der Waals surface area contributed by atoms with E-state index in [1.165, 1.54) is 0 Å². The molecule has 0 aliphatic heterocycles. The molecule has 4 nitrogen and oxygen atoms in total. The molecule has 3 N–H and O–H groups in total. The van der Waals surface area contributed by atoms with Crippen molar-refractivity contribution in [1.29, 1.82) is 5.26 Å². The summed E-state index contributed by atoms with van der Waals surface area (Å²) in [6.45, 7) is 1.14. The maximum atomic E-state index is 8.94. The van der Waals surface area contributed by atoms with Gasteiger partial charge >= 0.3 is 0 Å². The molecule has 2 aromatic rings. The van der Waals surface area contributed by atoms with Crippen molar-refractivity contribution in [2.45, 2.75) is 13.1 Å². The van der Waals surface area contributed by atoms with Crippen molar-refractivity contribution in [3.8, 4) is 6.07 Å². The molecule has 2 rings (SSSR count). The van der Waals surface area contributed by atoms with Crippen LogP contribution in [0.1, 0.15) is 16.8 Å². The van der Waals surface area contributed by atoms with E-state index in [1.807, 2.05) is 30.3 Å². The van der Waals surface area contributed by atoms with E-state index in [-0.39, 0.29) is 0 Å². The average Bonchev–Trinajstić information content (AvgIpc) is 2.45. The Labute approximate surface area is 106 Å². The quantitative estimate of drug-likeness (QED) is 0.854. The number of rotatable bonds is 4. The van der Waals surface area contributed by atoms with E-state index in [9.17, 15) is 0 Å². The second-order valence-corrected chi connectivity index (χ2v) is 3.84. The smallest absolute Gasteiger partial charge is 0.163 e. The number of benzene rings is 1. The number of nitrogens with two attached hydrogens (primary N) is 1. The second kappa shape index (κ2) is 5.80. The van der Waals surface area contributed by atoms with E-state index >= 15 is 0 Å². The van der Waals surface area contributed by atoms with Crippen molar-refractivity contribution in [2.75, 3.05) is 5.32 Å². The summed E-state index contributed by atoms with van der Waals surface area (Å²) in [5.41, 5.74) is 9.07. The first-order chi connectivity index (χ1) is 8.85. The van der Waals surface area contributed by atoms with Gasteiger partial charge in [0.25, 0.3) is 0 Å². The standard InChI is InChI=1S/C14H14N4/c15-8-11-4-1-2-5-12(11)10-18-13-6-3-7-17-14(13)9-16/h1-7,18H,8,10,15H2. The van der Waals surface area contributed by atoms with Crippen LogP contribution in [-0.2, 0) is 13.1 Å². The number of nitrogens with one attached hydrogen (secondary N) is 1. The van der Waals surface area contributed by atoms with Crippen LogP contribution in [0.15, 0.2) is 42.6 Å². The van der Waals surface area contributed by atoms with Gasteiger partial charge in [0.1, 0.15) is 6.07 Å². The van der Waals surface area contributed by atoms with Gasteiger partial charge < -0.3 is 11.1 Å². The predicted molar refractivity (Wildman–Crippen MR) is 70.6 cm³/mol. The van der Waals surface area contributed by atoms with E-state index in [0.717, 1.165) is 16.8 Å². The zero-order chi connectivity index (χ0) is 12.8. The molecule has 0 saturated carbocycles. The number of hydrogen-bond donors (Lipinski definition) is 2. The molecule has 0 amide bonds. The Morgan fingerprint density at radius 3 is 2.67 bits per heavy atom. The van der Waals surface area contributed by atoms with Gasteiger partial charge in [0.15, 0.2) is 5.69 Å². The summed E-state index contributed by atoms with van der Waals surface area (Å²) in [5.74, 6) is 0. The normalized spacial score (nSPS) is 9.78. The molecular weight excluding hydrogens is 224 g/mol. The van der Waals surface area contributed by atoms with Crippen LogP contribution in [0.25, 0.3) is 0 Å². The van der Waals surface area contributed by atoms with Crippen LogP contribution in [0, 0.1) is 11.3 Å². The monoisotopic (exact) mass is 238 g/mol. The fourth-order valence-electron chi connectivity index (χ4n) is 1.76.